The third-order valence-electron chi connectivity index (χ3n) is 4.30. The largest absolute Gasteiger partial charge is 0.350 e. The maximum atomic E-state index is 12.9. The van der Waals surface area contributed by atoms with Crippen LogP contribution in [0.25, 0.3) is 0 Å². The van der Waals surface area contributed by atoms with Crippen LogP contribution in [0, 0.1) is 5.92 Å². The molecular weight excluding hydrogens is 296 g/mol. The molecule has 1 atom stereocenters. The Bertz CT molecular complexity index is 557. The molecule has 0 aliphatic carbocycles. The van der Waals surface area contributed by atoms with Gasteiger partial charge < -0.3 is 19.3 Å². The minimum absolute atomic E-state index is 0.00750. The maximum Gasteiger partial charge on any atom is 0.232 e. The van der Waals surface area contributed by atoms with Crippen LogP contribution in [0.1, 0.15) is 12.8 Å². The molecular formula is C17H22N2O4. The van der Waals surface area contributed by atoms with Crippen LogP contribution in [0.2, 0.25) is 0 Å². The minimum atomic E-state index is -0.280. The number of benzene rings is 1. The van der Waals surface area contributed by atoms with Gasteiger partial charge in [-0.05, 0) is 12.1 Å². The Balaban J connectivity index is 1.71. The zero-order valence-corrected chi connectivity index (χ0v) is 13.3. The number of nitrogens with zero attached hydrogens (tertiary/aromatic N) is 2. The number of carbonyl (C=O) groups is 2. The summed E-state index contributed by atoms with van der Waals surface area (Å²) >= 11 is 0. The van der Waals surface area contributed by atoms with E-state index in [-0.39, 0.29) is 30.4 Å². The van der Waals surface area contributed by atoms with Crippen molar-refractivity contribution >= 4 is 17.5 Å². The van der Waals surface area contributed by atoms with Crippen molar-refractivity contribution in [3.05, 3.63) is 30.3 Å². The highest BCUT2D eigenvalue weighted by Crippen LogP contribution is 2.24. The lowest BCUT2D eigenvalue weighted by molar-refractivity contribution is -0.127. The number of likely N-dealkylation sites (tertiary alicyclic amines) is 1. The highest BCUT2D eigenvalue weighted by atomic mass is 16.7. The molecule has 2 heterocycles. The van der Waals surface area contributed by atoms with Gasteiger partial charge in [-0.1, -0.05) is 18.2 Å². The molecule has 1 unspecified atom stereocenters. The molecule has 0 N–H and O–H groups in total. The number of amides is 2. The number of carbonyl (C=O) groups excluding carboxylic acids is 2. The molecule has 1 aromatic carbocycles. The molecule has 23 heavy (non-hydrogen) atoms. The van der Waals surface area contributed by atoms with E-state index in [2.05, 4.69) is 0 Å². The minimum Gasteiger partial charge on any atom is -0.350 e. The second-order valence-electron chi connectivity index (χ2n) is 5.96. The van der Waals surface area contributed by atoms with E-state index in [1.807, 2.05) is 30.3 Å². The van der Waals surface area contributed by atoms with Gasteiger partial charge >= 0.3 is 0 Å². The Morgan fingerprint density at radius 3 is 2.57 bits per heavy atom. The van der Waals surface area contributed by atoms with E-state index >= 15 is 0 Å². The van der Waals surface area contributed by atoms with Crippen LogP contribution >= 0.6 is 0 Å². The lowest BCUT2D eigenvalue weighted by Crippen LogP contribution is -2.39. The summed E-state index contributed by atoms with van der Waals surface area (Å²) in [5.41, 5.74) is 0.845. The summed E-state index contributed by atoms with van der Waals surface area (Å²) in [5, 5.41) is 0. The lowest BCUT2D eigenvalue weighted by atomic mass is 10.1. The highest BCUT2D eigenvalue weighted by Gasteiger charge is 2.35. The van der Waals surface area contributed by atoms with Crippen LogP contribution in [0.5, 0.6) is 0 Å². The third kappa shape index (κ3) is 3.71. The van der Waals surface area contributed by atoms with Crippen molar-refractivity contribution in [2.24, 2.45) is 5.92 Å². The number of rotatable bonds is 5. The number of ether oxygens (including phenoxy) is 2. The number of hydrogen-bond donors (Lipinski definition) is 0. The zero-order valence-electron chi connectivity index (χ0n) is 13.3. The molecule has 2 aliphatic heterocycles. The number of anilines is 1. The zero-order chi connectivity index (χ0) is 16.2. The Kier molecular flexibility index (Phi) is 4.93. The molecule has 2 fully saturated rings. The molecule has 0 spiro atoms. The first kappa shape index (κ1) is 16.0. The Hall–Kier alpha value is -1.92. The molecule has 6 heteroatoms. The van der Waals surface area contributed by atoms with Gasteiger partial charge in [-0.25, -0.2) is 0 Å². The second kappa shape index (κ2) is 7.10. The molecule has 0 saturated carbocycles. The van der Waals surface area contributed by atoms with E-state index in [1.54, 1.807) is 16.8 Å². The molecule has 2 saturated heterocycles. The SMILES string of the molecule is CN1CC(C(=O)N(CCC2OCCO2)c2ccccc2)CC1=O. The normalized spacial score (nSPS) is 21.9. The lowest BCUT2D eigenvalue weighted by Gasteiger charge is -2.26. The Morgan fingerprint density at radius 1 is 1.26 bits per heavy atom. The van der Waals surface area contributed by atoms with Gasteiger partial charge in [0.1, 0.15) is 0 Å². The van der Waals surface area contributed by atoms with Gasteiger partial charge in [0.25, 0.3) is 0 Å². The molecule has 124 valence electrons. The molecule has 0 bridgehead atoms. The fraction of sp³-hybridized carbons (Fsp3) is 0.529. The van der Waals surface area contributed by atoms with Gasteiger partial charge in [-0.2, -0.15) is 0 Å². The topological polar surface area (TPSA) is 59.1 Å². The number of para-hydroxylation sites is 1. The fourth-order valence-corrected chi connectivity index (χ4v) is 3.03. The summed E-state index contributed by atoms with van der Waals surface area (Å²) in [5.74, 6) is -0.260. The monoisotopic (exact) mass is 318 g/mol. The summed E-state index contributed by atoms with van der Waals surface area (Å²) < 4.78 is 10.9. The molecule has 1 aromatic rings. The van der Waals surface area contributed by atoms with E-state index in [9.17, 15) is 9.59 Å². The van der Waals surface area contributed by atoms with Gasteiger partial charge in [0.2, 0.25) is 11.8 Å². The van der Waals surface area contributed by atoms with Gasteiger partial charge in [0, 0.05) is 38.7 Å². The van der Waals surface area contributed by atoms with Gasteiger partial charge in [-0.15, -0.1) is 0 Å². The third-order valence-corrected chi connectivity index (χ3v) is 4.30. The van der Waals surface area contributed by atoms with Crippen molar-refractivity contribution in [3.63, 3.8) is 0 Å². The molecule has 3 rings (SSSR count). The Labute approximate surface area is 136 Å². The summed E-state index contributed by atoms with van der Waals surface area (Å²) in [6.07, 6.45) is 0.661. The average Bonchev–Trinajstić information content (AvgIpc) is 3.19. The fourth-order valence-electron chi connectivity index (χ4n) is 3.03. The van der Waals surface area contributed by atoms with Crippen LogP contribution in [0.3, 0.4) is 0 Å². The molecule has 0 radical (unpaired) electrons. The van der Waals surface area contributed by atoms with E-state index in [4.69, 9.17) is 9.47 Å². The molecule has 2 aliphatic rings. The number of hydrogen-bond acceptors (Lipinski definition) is 4. The van der Waals surface area contributed by atoms with Crippen LogP contribution in [0.4, 0.5) is 5.69 Å². The van der Waals surface area contributed by atoms with Crippen molar-refractivity contribution in [1.82, 2.24) is 4.90 Å². The van der Waals surface area contributed by atoms with Gasteiger partial charge in [0.05, 0.1) is 19.1 Å². The van der Waals surface area contributed by atoms with Crippen molar-refractivity contribution in [2.45, 2.75) is 19.1 Å². The summed E-state index contributed by atoms with van der Waals surface area (Å²) in [7, 11) is 1.74. The summed E-state index contributed by atoms with van der Waals surface area (Å²) in [4.78, 5) is 28.0. The highest BCUT2D eigenvalue weighted by molar-refractivity contribution is 5.98. The standard InChI is InChI=1S/C17H22N2O4/c1-18-12-13(11-15(18)20)17(21)19(14-5-3-2-4-6-14)8-7-16-22-9-10-23-16/h2-6,13,16H,7-12H2,1H3. The maximum absolute atomic E-state index is 12.9. The first-order valence-corrected chi connectivity index (χ1v) is 7.99. The smallest absolute Gasteiger partial charge is 0.232 e. The van der Waals surface area contributed by atoms with Crippen molar-refractivity contribution in [2.75, 3.05) is 38.3 Å². The predicted molar refractivity (Wildman–Crippen MR) is 84.8 cm³/mol. The van der Waals surface area contributed by atoms with Crippen LogP contribution in [-0.2, 0) is 19.1 Å². The first-order valence-electron chi connectivity index (χ1n) is 7.99. The first-order chi connectivity index (χ1) is 11.1. The van der Waals surface area contributed by atoms with Crippen molar-refractivity contribution in [1.29, 1.82) is 0 Å². The van der Waals surface area contributed by atoms with Crippen LogP contribution < -0.4 is 4.90 Å². The van der Waals surface area contributed by atoms with E-state index in [0.29, 0.717) is 32.7 Å². The van der Waals surface area contributed by atoms with Gasteiger partial charge in [-0.3, -0.25) is 9.59 Å². The molecule has 6 nitrogen and oxygen atoms in total. The van der Waals surface area contributed by atoms with Crippen LogP contribution in [0.15, 0.2) is 30.3 Å². The summed E-state index contributed by atoms with van der Waals surface area (Å²) in [6, 6.07) is 9.56. The molecule has 2 amide bonds. The van der Waals surface area contributed by atoms with Crippen LogP contribution in [-0.4, -0.2) is 56.4 Å². The van der Waals surface area contributed by atoms with Gasteiger partial charge in [0.15, 0.2) is 6.29 Å². The van der Waals surface area contributed by atoms with E-state index < -0.39 is 0 Å². The quantitative estimate of drug-likeness (QED) is 0.820. The Morgan fingerprint density at radius 2 is 1.96 bits per heavy atom. The predicted octanol–water partition coefficient (Wildman–Crippen LogP) is 1.26. The van der Waals surface area contributed by atoms with E-state index in [1.165, 1.54) is 0 Å². The second-order valence-corrected chi connectivity index (χ2v) is 5.96. The molecule has 0 aromatic heterocycles. The summed E-state index contributed by atoms with van der Waals surface area (Å²) in [6.45, 7) is 2.21. The van der Waals surface area contributed by atoms with Crippen molar-refractivity contribution < 1.29 is 19.1 Å². The van der Waals surface area contributed by atoms with E-state index in [0.717, 1.165) is 5.69 Å². The van der Waals surface area contributed by atoms with Crippen molar-refractivity contribution in [3.8, 4) is 0 Å². The average molecular weight is 318 g/mol.